The number of carboxylic acids is 1. The number of nitrogens with zero attached hydrogens (tertiary/aromatic N) is 4. The maximum absolute atomic E-state index is 12.1. The number of carbonyl (C=O) groups excluding carboxylic acids is 1. The van der Waals surface area contributed by atoms with Gasteiger partial charge in [0.05, 0.1) is 5.75 Å². The van der Waals surface area contributed by atoms with Gasteiger partial charge in [-0.15, -0.1) is 10.2 Å². The lowest BCUT2D eigenvalue weighted by atomic mass is 10.3. The highest BCUT2D eigenvalue weighted by atomic mass is 32.2. The molecule has 0 aliphatic rings. The zero-order valence-corrected chi connectivity index (χ0v) is 12.3. The van der Waals surface area contributed by atoms with Crippen molar-refractivity contribution in [2.24, 2.45) is 0 Å². The molecule has 1 rings (SSSR count). The third kappa shape index (κ3) is 3.69. The van der Waals surface area contributed by atoms with Crippen molar-refractivity contribution in [3.63, 3.8) is 0 Å². The van der Waals surface area contributed by atoms with Crippen LogP contribution in [-0.4, -0.2) is 56.0 Å². The second-order valence-electron chi connectivity index (χ2n) is 4.11. The van der Waals surface area contributed by atoms with Crippen molar-refractivity contribution in [2.45, 2.75) is 32.0 Å². The maximum atomic E-state index is 12.1. The van der Waals surface area contributed by atoms with E-state index in [2.05, 4.69) is 10.2 Å². The molecule has 0 aromatic carbocycles. The third-order valence-electron chi connectivity index (χ3n) is 2.75. The molecular formula is C11H18N4O3S. The summed E-state index contributed by atoms with van der Waals surface area (Å²) in [4.78, 5) is 24.3. The van der Waals surface area contributed by atoms with Gasteiger partial charge in [-0.2, -0.15) is 0 Å². The highest BCUT2D eigenvalue weighted by Gasteiger charge is 2.23. The summed E-state index contributed by atoms with van der Waals surface area (Å²) in [6.45, 7) is 6.01. The van der Waals surface area contributed by atoms with Crippen molar-refractivity contribution in [2.75, 3.05) is 19.3 Å². The van der Waals surface area contributed by atoms with E-state index in [4.69, 9.17) is 5.11 Å². The molecule has 0 bridgehead atoms. The Kier molecular flexibility index (Phi) is 5.34. The van der Waals surface area contributed by atoms with E-state index < -0.39 is 12.0 Å². The SMILES string of the molecule is CCN(C)C(=O)C(C)n1c(C)nnc1SCC(=O)O. The number of hydrogen-bond acceptors (Lipinski definition) is 5. The van der Waals surface area contributed by atoms with Gasteiger partial charge in [-0.25, -0.2) is 0 Å². The third-order valence-corrected chi connectivity index (χ3v) is 3.68. The van der Waals surface area contributed by atoms with Crippen LogP contribution in [0.15, 0.2) is 5.16 Å². The van der Waals surface area contributed by atoms with E-state index >= 15 is 0 Å². The summed E-state index contributed by atoms with van der Waals surface area (Å²) in [7, 11) is 1.72. The van der Waals surface area contributed by atoms with E-state index in [1.165, 1.54) is 0 Å². The molecule has 1 amide bonds. The minimum absolute atomic E-state index is 0.0532. The molecule has 0 aliphatic heterocycles. The van der Waals surface area contributed by atoms with Crippen molar-refractivity contribution >= 4 is 23.6 Å². The number of thioether (sulfide) groups is 1. The second-order valence-corrected chi connectivity index (χ2v) is 5.05. The number of carbonyl (C=O) groups is 2. The highest BCUT2D eigenvalue weighted by Crippen LogP contribution is 2.22. The fourth-order valence-electron chi connectivity index (χ4n) is 1.61. The van der Waals surface area contributed by atoms with E-state index in [1.807, 2.05) is 6.92 Å². The highest BCUT2D eigenvalue weighted by molar-refractivity contribution is 7.99. The van der Waals surface area contributed by atoms with Gasteiger partial charge in [0.2, 0.25) is 5.91 Å². The van der Waals surface area contributed by atoms with Crippen molar-refractivity contribution in [1.82, 2.24) is 19.7 Å². The van der Waals surface area contributed by atoms with Gasteiger partial charge in [-0.3, -0.25) is 14.2 Å². The Morgan fingerprint density at radius 3 is 2.63 bits per heavy atom. The van der Waals surface area contributed by atoms with Crippen LogP contribution < -0.4 is 0 Å². The average Bonchev–Trinajstić information content (AvgIpc) is 2.74. The molecule has 0 saturated carbocycles. The smallest absolute Gasteiger partial charge is 0.313 e. The number of amides is 1. The predicted octanol–water partition coefficient (Wildman–Crippen LogP) is 0.803. The van der Waals surface area contributed by atoms with Gasteiger partial charge in [0, 0.05) is 13.6 Å². The molecule has 0 aliphatic carbocycles. The summed E-state index contributed by atoms with van der Waals surface area (Å²) in [5, 5.41) is 17.0. The minimum atomic E-state index is -0.929. The molecule has 1 heterocycles. The fraction of sp³-hybridized carbons (Fsp3) is 0.636. The van der Waals surface area contributed by atoms with Crippen LogP contribution in [0.5, 0.6) is 0 Å². The van der Waals surface area contributed by atoms with Gasteiger partial charge in [-0.1, -0.05) is 11.8 Å². The molecule has 0 radical (unpaired) electrons. The van der Waals surface area contributed by atoms with Crippen molar-refractivity contribution < 1.29 is 14.7 Å². The monoisotopic (exact) mass is 286 g/mol. The zero-order chi connectivity index (χ0) is 14.6. The molecule has 1 aromatic rings. The van der Waals surface area contributed by atoms with E-state index in [9.17, 15) is 9.59 Å². The quantitative estimate of drug-likeness (QED) is 0.778. The fourth-order valence-corrected chi connectivity index (χ4v) is 2.39. The lowest BCUT2D eigenvalue weighted by molar-refractivity contribution is -0.134. The number of carboxylic acid groups (broad SMARTS) is 1. The molecule has 7 nitrogen and oxygen atoms in total. The first-order valence-corrected chi connectivity index (χ1v) is 6.88. The van der Waals surface area contributed by atoms with Gasteiger partial charge in [0.1, 0.15) is 11.9 Å². The summed E-state index contributed by atoms with van der Waals surface area (Å²) in [5.74, 6) is -0.495. The minimum Gasteiger partial charge on any atom is -0.481 e. The molecule has 1 unspecified atom stereocenters. The summed E-state index contributed by atoms with van der Waals surface area (Å²) in [6, 6.07) is -0.448. The van der Waals surface area contributed by atoms with Crippen molar-refractivity contribution in [3.05, 3.63) is 5.82 Å². The van der Waals surface area contributed by atoms with E-state index in [-0.39, 0.29) is 11.7 Å². The van der Waals surface area contributed by atoms with Crippen LogP contribution in [0, 0.1) is 6.92 Å². The van der Waals surface area contributed by atoms with Crippen LogP contribution in [-0.2, 0) is 9.59 Å². The number of hydrogen-bond donors (Lipinski definition) is 1. The molecule has 19 heavy (non-hydrogen) atoms. The normalized spacial score (nSPS) is 12.2. The molecular weight excluding hydrogens is 268 g/mol. The predicted molar refractivity (Wildman–Crippen MR) is 71.1 cm³/mol. The van der Waals surface area contributed by atoms with Gasteiger partial charge < -0.3 is 10.0 Å². The topological polar surface area (TPSA) is 88.3 Å². The molecule has 1 atom stereocenters. The molecule has 1 aromatic heterocycles. The summed E-state index contributed by atoms with van der Waals surface area (Å²) >= 11 is 1.06. The number of aliphatic carboxylic acids is 1. The molecule has 0 fully saturated rings. The number of aryl methyl sites for hydroxylation is 1. The van der Waals surface area contributed by atoms with Gasteiger partial charge in [0.15, 0.2) is 5.16 Å². The van der Waals surface area contributed by atoms with Gasteiger partial charge in [-0.05, 0) is 20.8 Å². The van der Waals surface area contributed by atoms with Crippen molar-refractivity contribution in [1.29, 1.82) is 0 Å². The lowest BCUT2D eigenvalue weighted by Gasteiger charge is -2.22. The summed E-state index contributed by atoms with van der Waals surface area (Å²) < 4.78 is 1.67. The first kappa shape index (κ1) is 15.5. The van der Waals surface area contributed by atoms with Gasteiger partial charge >= 0.3 is 5.97 Å². The number of rotatable bonds is 6. The Bertz CT molecular complexity index is 475. The first-order valence-electron chi connectivity index (χ1n) is 5.89. The average molecular weight is 286 g/mol. The second kappa shape index (κ2) is 6.55. The maximum Gasteiger partial charge on any atom is 0.313 e. The lowest BCUT2D eigenvalue weighted by Crippen LogP contribution is -2.33. The molecule has 106 valence electrons. The zero-order valence-electron chi connectivity index (χ0n) is 11.5. The Labute approximate surface area is 116 Å². The summed E-state index contributed by atoms with van der Waals surface area (Å²) in [5.41, 5.74) is 0. The Balaban J connectivity index is 2.95. The standard InChI is InChI=1S/C11H18N4O3S/c1-5-14(4)10(18)7(2)15-8(3)12-13-11(15)19-6-9(16)17/h7H,5-6H2,1-4H3,(H,16,17). The summed E-state index contributed by atoms with van der Waals surface area (Å²) in [6.07, 6.45) is 0. The Hall–Kier alpha value is -1.57. The van der Waals surface area contributed by atoms with Crippen LogP contribution in [0.4, 0.5) is 0 Å². The van der Waals surface area contributed by atoms with Crippen LogP contribution in [0.3, 0.4) is 0 Å². The van der Waals surface area contributed by atoms with E-state index in [0.717, 1.165) is 11.8 Å². The van der Waals surface area contributed by atoms with Crippen LogP contribution in [0.25, 0.3) is 0 Å². The number of likely N-dealkylation sites (N-methyl/N-ethyl adjacent to an activating group) is 1. The van der Waals surface area contributed by atoms with E-state index in [0.29, 0.717) is 17.5 Å². The molecule has 8 heteroatoms. The Morgan fingerprint density at radius 1 is 1.47 bits per heavy atom. The van der Waals surface area contributed by atoms with Crippen LogP contribution in [0.2, 0.25) is 0 Å². The first-order chi connectivity index (χ1) is 8.88. The Morgan fingerprint density at radius 2 is 2.11 bits per heavy atom. The van der Waals surface area contributed by atoms with Crippen LogP contribution >= 0.6 is 11.8 Å². The molecule has 0 saturated heterocycles. The molecule has 0 spiro atoms. The van der Waals surface area contributed by atoms with E-state index in [1.54, 1.807) is 30.4 Å². The van der Waals surface area contributed by atoms with Crippen molar-refractivity contribution in [3.8, 4) is 0 Å². The van der Waals surface area contributed by atoms with Crippen LogP contribution in [0.1, 0.15) is 25.7 Å². The number of aromatic nitrogens is 3. The largest absolute Gasteiger partial charge is 0.481 e. The van der Waals surface area contributed by atoms with Gasteiger partial charge in [0.25, 0.3) is 0 Å². The molecule has 1 N–H and O–H groups in total.